The molecule has 0 unspecified atom stereocenters. The molecule has 0 aromatic rings. The second kappa shape index (κ2) is 13.4. The van der Waals surface area contributed by atoms with Gasteiger partial charge in [0.25, 0.3) is 0 Å². The lowest BCUT2D eigenvalue weighted by Gasteiger charge is -2.42. The Hall–Kier alpha value is 0.154. The lowest BCUT2D eigenvalue weighted by molar-refractivity contribution is -0.284. The second-order valence-corrected chi connectivity index (χ2v) is 7.89. The van der Waals surface area contributed by atoms with Crippen LogP contribution in [0.15, 0.2) is 0 Å². The topological polar surface area (TPSA) is 67.4 Å². The van der Waals surface area contributed by atoms with Crippen LogP contribution in [0.3, 0.4) is 0 Å². The van der Waals surface area contributed by atoms with Crippen LogP contribution in [0.4, 0.5) is 0 Å². The van der Waals surface area contributed by atoms with E-state index in [0.717, 1.165) is 0 Å². The average molecular weight is 370 g/mol. The molecule has 7 nitrogen and oxygen atoms in total. The molecular formula is C14H35NO6Si2. The van der Waals surface area contributed by atoms with Gasteiger partial charge >= 0.3 is 0 Å². The van der Waals surface area contributed by atoms with E-state index in [1.165, 1.54) is 0 Å². The molecule has 0 amide bonds. The van der Waals surface area contributed by atoms with Crippen molar-refractivity contribution in [1.82, 2.24) is 5.32 Å². The van der Waals surface area contributed by atoms with Gasteiger partial charge in [-0.15, -0.1) is 0 Å². The van der Waals surface area contributed by atoms with Crippen molar-refractivity contribution >= 4 is 19.5 Å². The molecule has 0 aliphatic carbocycles. The number of hydrogen-bond acceptors (Lipinski definition) is 7. The minimum absolute atomic E-state index is 0.498. The van der Waals surface area contributed by atoms with Gasteiger partial charge in [0.15, 0.2) is 0 Å². The fraction of sp³-hybridized carbons (Fsp3) is 1.00. The maximum atomic E-state index is 5.91. The molecule has 0 rings (SSSR count). The number of ether oxygens (including phenoxy) is 4. The van der Waals surface area contributed by atoms with E-state index in [2.05, 4.69) is 5.32 Å². The lowest BCUT2D eigenvalue weighted by atomic mass is 10.7. The van der Waals surface area contributed by atoms with Crippen molar-refractivity contribution in [3.8, 4) is 0 Å². The Kier molecular flexibility index (Phi) is 13.5. The molecule has 0 aliphatic rings. The zero-order chi connectivity index (χ0) is 17.6. The Labute approximate surface area is 145 Å². The van der Waals surface area contributed by atoms with E-state index in [0.29, 0.717) is 39.6 Å². The first-order valence-corrected chi connectivity index (χ1v) is 11.1. The average Bonchev–Trinajstić information content (AvgIpc) is 2.52. The summed E-state index contributed by atoms with van der Waals surface area (Å²) in [5, 5.41) is 3.34. The van der Waals surface area contributed by atoms with E-state index in [-0.39, 0.29) is 0 Å². The van der Waals surface area contributed by atoms with Crippen LogP contribution in [0.5, 0.6) is 0 Å². The summed E-state index contributed by atoms with van der Waals surface area (Å²) in [5.74, 6) is 0. The Balaban J connectivity index is 5.39. The third kappa shape index (κ3) is 8.70. The highest BCUT2D eigenvalue weighted by Crippen LogP contribution is 2.18. The van der Waals surface area contributed by atoms with E-state index in [1.807, 2.05) is 41.5 Å². The van der Waals surface area contributed by atoms with Crippen molar-refractivity contribution in [1.29, 1.82) is 0 Å². The summed E-state index contributed by atoms with van der Waals surface area (Å²) in [6.07, 6.45) is 0. The fourth-order valence-electron chi connectivity index (χ4n) is 2.16. The predicted molar refractivity (Wildman–Crippen MR) is 95.4 cm³/mol. The molecule has 0 saturated carbocycles. The van der Waals surface area contributed by atoms with Gasteiger partial charge in [-0.3, -0.25) is 0 Å². The van der Waals surface area contributed by atoms with Gasteiger partial charge in [0, 0.05) is 39.6 Å². The van der Waals surface area contributed by atoms with Crippen LogP contribution in [0.25, 0.3) is 0 Å². The quantitative estimate of drug-likeness (QED) is 0.308. The Morgan fingerprint density at radius 3 is 1.09 bits per heavy atom. The molecule has 9 heteroatoms. The van der Waals surface area contributed by atoms with Crippen molar-refractivity contribution in [3.05, 3.63) is 0 Å². The summed E-state index contributed by atoms with van der Waals surface area (Å²) >= 11 is 0. The van der Waals surface area contributed by atoms with Gasteiger partial charge < -0.3 is 27.8 Å². The molecular weight excluding hydrogens is 334 g/mol. The van der Waals surface area contributed by atoms with Crippen LogP contribution in [-0.4, -0.2) is 70.2 Å². The van der Waals surface area contributed by atoms with Crippen LogP contribution in [-0.2, 0) is 27.8 Å². The molecule has 0 aromatic heterocycles. The number of rotatable bonds is 16. The molecule has 0 saturated heterocycles. The maximum Gasteiger partial charge on any atom is 0.248 e. The largest absolute Gasteiger partial charge is 0.416 e. The normalized spacial score (nSPS) is 13.8. The first-order valence-electron chi connectivity index (χ1n) is 8.58. The molecule has 0 fully saturated rings. The summed E-state index contributed by atoms with van der Waals surface area (Å²) < 4.78 is 35.0. The van der Waals surface area contributed by atoms with Crippen molar-refractivity contribution in [2.24, 2.45) is 0 Å². The van der Waals surface area contributed by atoms with Crippen LogP contribution in [0.1, 0.15) is 41.5 Å². The minimum Gasteiger partial charge on any atom is -0.416 e. The summed E-state index contributed by atoms with van der Waals surface area (Å²) in [7, 11) is -2.38. The van der Waals surface area contributed by atoms with Gasteiger partial charge in [0.1, 0.15) is 0 Å². The van der Waals surface area contributed by atoms with Crippen LogP contribution < -0.4 is 5.32 Å². The van der Waals surface area contributed by atoms with Gasteiger partial charge in [0.2, 0.25) is 30.6 Å². The molecule has 1 N–H and O–H groups in total. The molecule has 0 spiro atoms. The van der Waals surface area contributed by atoms with E-state index < -0.39 is 30.6 Å². The molecule has 0 aromatic carbocycles. The standard InChI is InChI=1S/C14H35NO6Si2/c1-7-16-13(17-8-2,22-20-11-5)15-14(18-9-3,19-10-4)23-21-12-6/h15H,7-12,22-23H2,1-6H3. The van der Waals surface area contributed by atoms with Crippen molar-refractivity contribution in [3.63, 3.8) is 0 Å². The molecule has 23 heavy (non-hydrogen) atoms. The van der Waals surface area contributed by atoms with Crippen LogP contribution in [0.2, 0.25) is 0 Å². The minimum atomic E-state index is -1.19. The van der Waals surface area contributed by atoms with Crippen molar-refractivity contribution in [2.75, 3.05) is 39.6 Å². The Morgan fingerprint density at radius 2 is 0.870 bits per heavy atom. The van der Waals surface area contributed by atoms with Crippen LogP contribution in [0, 0.1) is 0 Å². The van der Waals surface area contributed by atoms with Gasteiger partial charge in [-0.25, -0.2) is 5.32 Å². The first-order chi connectivity index (χ1) is 11.1. The van der Waals surface area contributed by atoms with Gasteiger partial charge in [-0.1, -0.05) is 0 Å². The van der Waals surface area contributed by atoms with Crippen LogP contribution >= 0.6 is 0 Å². The molecule has 0 aliphatic heterocycles. The van der Waals surface area contributed by atoms with Gasteiger partial charge in [0.05, 0.1) is 0 Å². The third-order valence-corrected chi connectivity index (χ3v) is 6.04. The fourth-order valence-corrected chi connectivity index (χ4v) is 5.19. The Bertz CT molecular complexity index is 248. The second-order valence-electron chi connectivity index (χ2n) is 4.64. The van der Waals surface area contributed by atoms with E-state index >= 15 is 0 Å². The van der Waals surface area contributed by atoms with Gasteiger partial charge in [-0.2, -0.15) is 0 Å². The number of hydrogen-bond donors (Lipinski definition) is 1. The summed E-state index contributed by atoms with van der Waals surface area (Å²) in [6.45, 7) is 14.9. The maximum absolute atomic E-state index is 5.91. The smallest absolute Gasteiger partial charge is 0.248 e. The Morgan fingerprint density at radius 1 is 0.565 bits per heavy atom. The predicted octanol–water partition coefficient (Wildman–Crippen LogP) is 0.185. The molecule has 0 atom stereocenters. The summed E-state index contributed by atoms with van der Waals surface area (Å²) in [4.78, 5) is 0. The SMILES string of the molecule is CCO[SiH2]C(NC(OCC)(OCC)[SiH2]OCC)(OCC)OCC. The van der Waals surface area contributed by atoms with E-state index in [1.54, 1.807) is 0 Å². The molecule has 0 radical (unpaired) electrons. The zero-order valence-electron chi connectivity index (χ0n) is 15.6. The van der Waals surface area contributed by atoms with E-state index in [4.69, 9.17) is 27.8 Å². The third-order valence-electron chi connectivity index (χ3n) is 2.88. The van der Waals surface area contributed by atoms with Crippen molar-refractivity contribution in [2.45, 2.75) is 52.6 Å². The first kappa shape index (κ1) is 23.2. The monoisotopic (exact) mass is 369 g/mol. The number of nitrogens with one attached hydrogen (secondary N) is 1. The molecule has 140 valence electrons. The van der Waals surface area contributed by atoms with Crippen molar-refractivity contribution < 1.29 is 27.8 Å². The summed E-state index contributed by atoms with van der Waals surface area (Å²) in [6, 6.07) is 0. The lowest BCUT2D eigenvalue weighted by Crippen LogP contribution is -2.69. The zero-order valence-corrected chi connectivity index (χ0v) is 18.4. The highest BCUT2D eigenvalue weighted by molar-refractivity contribution is 6.33. The molecule has 0 bridgehead atoms. The highest BCUT2D eigenvalue weighted by Gasteiger charge is 2.44. The molecule has 0 heterocycles. The summed E-state index contributed by atoms with van der Waals surface area (Å²) in [5.41, 5.74) is -1.98. The van der Waals surface area contributed by atoms with Gasteiger partial charge in [-0.05, 0) is 41.5 Å². The highest BCUT2D eigenvalue weighted by atomic mass is 28.2. The van der Waals surface area contributed by atoms with E-state index in [9.17, 15) is 0 Å².